The van der Waals surface area contributed by atoms with Gasteiger partial charge in [0.15, 0.2) is 4.88 Å². The fourth-order valence-corrected chi connectivity index (χ4v) is 5.69. The predicted octanol–water partition coefficient (Wildman–Crippen LogP) is 4.95. The summed E-state index contributed by atoms with van der Waals surface area (Å²) >= 11 is 8.03. The van der Waals surface area contributed by atoms with Crippen LogP contribution in [-0.2, 0) is 4.74 Å². The van der Waals surface area contributed by atoms with Gasteiger partial charge in [-0.3, -0.25) is 9.47 Å². The van der Waals surface area contributed by atoms with Crippen molar-refractivity contribution in [3.63, 3.8) is 0 Å². The van der Waals surface area contributed by atoms with Gasteiger partial charge in [-0.1, -0.05) is 35.9 Å². The molecule has 2 aromatic carbocycles. The Labute approximate surface area is 224 Å². The maximum atomic E-state index is 12.6. The highest BCUT2D eigenvalue weighted by Gasteiger charge is 2.23. The van der Waals surface area contributed by atoms with Crippen molar-refractivity contribution in [2.75, 3.05) is 46.4 Å². The molecule has 194 valence electrons. The molecule has 0 spiro atoms. The summed E-state index contributed by atoms with van der Waals surface area (Å²) < 4.78 is 19.3. The number of rotatable bonds is 9. The first kappa shape index (κ1) is 25.5. The second-order valence-corrected chi connectivity index (χ2v) is 10.1. The second kappa shape index (κ2) is 11.5. The molecule has 1 N–H and O–H groups in total. The molecule has 1 aliphatic heterocycles. The van der Waals surface area contributed by atoms with Crippen LogP contribution in [0.5, 0.6) is 11.5 Å². The van der Waals surface area contributed by atoms with E-state index in [1.807, 2.05) is 60.0 Å². The number of ether oxygens (including phenoxy) is 3. The zero-order valence-corrected chi connectivity index (χ0v) is 22.3. The van der Waals surface area contributed by atoms with Crippen LogP contribution >= 0.6 is 22.9 Å². The third-order valence-electron chi connectivity index (χ3n) is 6.36. The van der Waals surface area contributed by atoms with Crippen LogP contribution in [0.15, 0.2) is 54.9 Å². The lowest BCUT2D eigenvalue weighted by Gasteiger charge is -2.27. The summed E-state index contributed by atoms with van der Waals surface area (Å²) in [6.07, 6.45) is 1.30. The summed E-state index contributed by atoms with van der Waals surface area (Å²) in [6.45, 7) is 7.33. The number of carbonyl (C=O) groups is 1. The lowest BCUT2D eigenvalue weighted by molar-refractivity contribution is 0.0600. The van der Waals surface area contributed by atoms with E-state index in [2.05, 4.69) is 15.2 Å². The summed E-state index contributed by atoms with van der Waals surface area (Å²) in [5.74, 6) is 0.589. The maximum absolute atomic E-state index is 12.6. The molecule has 8 nitrogen and oxygen atoms in total. The van der Waals surface area contributed by atoms with Gasteiger partial charge in [-0.05, 0) is 25.1 Å². The number of imidazole rings is 1. The molecule has 0 bridgehead atoms. The Bertz CT molecular complexity index is 1380. The number of nitrogens with zero attached hydrogens (tertiary/aromatic N) is 3. The summed E-state index contributed by atoms with van der Waals surface area (Å²) in [6, 6.07) is 15.3. The molecule has 2 aromatic heterocycles. The Morgan fingerprint density at radius 2 is 1.97 bits per heavy atom. The van der Waals surface area contributed by atoms with Crippen LogP contribution in [0.1, 0.15) is 28.3 Å². The molecule has 1 saturated heterocycles. The SMILES string of the molecule is COC(=O)c1sc(-n2cnc3ccccc32)cc1OC(C)c1cccc(OCCN2CCNCC2)c1Cl. The van der Waals surface area contributed by atoms with Crippen LogP contribution in [0.3, 0.4) is 0 Å². The standard InChI is InChI=1S/C27H29ClN4O4S/c1-18(19-6-5-9-22(25(19)28)35-15-14-31-12-10-29-11-13-31)36-23-16-24(37-26(23)27(33)34-2)32-17-30-20-7-3-4-8-21(20)32/h3-9,16-18,29H,10-15H2,1-2H3. The van der Waals surface area contributed by atoms with Crippen LogP contribution in [0.25, 0.3) is 16.0 Å². The van der Waals surface area contributed by atoms with Crippen molar-refractivity contribution in [3.05, 3.63) is 70.3 Å². The number of hydrogen-bond acceptors (Lipinski definition) is 8. The summed E-state index contributed by atoms with van der Waals surface area (Å²) in [5, 5.41) is 4.66. The second-order valence-electron chi connectivity index (χ2n) is 8.73. The zero-order chi connectivity index (χ0) is 25.8. The first-order chi connectivity index (χ1) is 18.0. The van der Waals surface area contributed by atoms with Crippen molar-refractivity contribution in [2.45, 2.75) is 13.0 Å². The third kappa shape index (κ3) is 5.60. The van der Waals surface area contributed by atoms with Crippen LogP contribution in [0.2, 0.25) is 5.02 Å². The molecule has 10 heteroatoms. The minimum atomic E-state index is -0.459. The van der Waals surface area contributed by atoms with Gasteiger partial charge in [-0.25, -0.2) is 9.78 Å². The Kier molecular flexibility index (Phi) is 7.95. The highest BCUT2D eigenvalue weighted by atomic mass is 35.5. The van der Waals surface area contributed by atoms with Gasteiger partial charge in [0.05, 0.1) is 23.2 Å². The molecular weight excluding hydrogens is 512 g/mol. The predicted molar refractivity (Wildman–Crippen MR) is 146 cm³/mol. The number of aromatic nitrogens is 2. The molecule has 0 saturated carbocycles. The molecule has 0 aliphatic carbocycles. The number of fused-ring (bicyclic) bond motifs is 1. The molecule has 4 aromatic rings. The average molecular weight is 541 g/mol. The molecule has 1 aliphatic rings. The van der Waals surface area contributed by atoms with Crippen molar-refractivity contribution >= 4 is 39.9 Å². The van der Waals surface area contributed by atoms with Crippen LogP contribution in [0, 0.1) is 0 Å². The van der Waals surface area contributed by atoms with Gasteiger partial charge >= 0.3 is 5.97 Å². The molecule has 37 heavy (non-hydrogen) atoms. The van der Waals surface area contributed by atoms with E-state index in [0.29, 0.717) is 28.0 Å². The molecule has 3 heterocycles. The number of para-hydroxylation sites is 2. The number of carbonyl (C=O) groups excluding carboxylic acids is 1. The Hall–Kier alpha value is -3.11. The minimum Gasteiger partial charge on any atom is -0.491 e. The smallest absolute Gasteiger partial charge is 0.351 e. The van der Waals surface area contributed by atoms with Crippen molar-refractivity contribution in [3.8, 4) is 16.5 Å². The van der Waals surface area contributed by atoms with Crippen LogP contribution in [0.4, 0.5) is 0 Å². The fraction of sp³-hybridized carbons (Fsp3) is 0.333. The Balaban J connectivity index is 1.35. The fourth-order valence-electron chi connectivity index (χ4n) is 4.36. The van der Waals surface area contributed by atoms with Crippen molar-refractivity contribution in [2.24, 2.45) is 0 Å². The van der Waals surface area contributed by atoms with E-state index in [0.717, 1.165) is 54.3 Å². The van der Waals surface area contributed by atoms with Gasteiger partial charge in [0.1, 0.15) is 35.5 Å². The van der Waals surface area contributed by atoms with E-state index < -0.39 is 12.1 Å². The zero-order valence-electron chi connectivity index (χ0n) is 20.8. The van der Waals surface area contributed by atoms with Crippen LogP contribution < -0.4 is 14.8 Å². The van der Waals surface area contributed by atoms with Gasteiger partial charge in [0, 0.05) is 44.4 Å². The average Bonchev–Trinajstić information content (AvgIpc) is 3.54. The highest BCUT2D eigenvalue weighted by Crippen LogP contribution is 2.39. The molecule has 1 fully saturated rings. The van der Waals surface area contributed by atoms with E-state index in [4.69, 9.17) is 25.8 Å². The third-order valence-corrected chi connectivity index (χ3v) is 7.86. The molecule has 1 atom stereocenters. The van der Waals surface area contributed by atoms with Gasteiger partial charge in [-0.2, -0.15) is 0 Å². The first-order valence-corrected chi connectivity index (χ1v) is 13.4. The number of thiophene rings is 1. The normalized spacial score (nSPS) is 15.0. The number of benzene rings is 2. The van der Waals surface area contributed by atoms with Gasteiger partial charge in [-0.15, -0.1) is 11.3 Å². The number of methoxy groups -OCH3 is 1. The Morgan fingerprint density at radius 1 is 1.16 bits per heavy atom. The van der Waals surface area contributed by atoms with Gasteiger partial charge in [0.25, 0.3) is 0 Å². The largest absolute Gasteiger partial charge is 0.491 e. The first-order valence-electron chi connectivity index (χ1n) is 12.2. The summed E-state index contributed by atoms with van der Waals surface area (Å²) in [5.41, 5.74) is 2.58. The number of nitrogens with one attached hydrogen (secondary N) is 1. The number of hydrogen-bond donors (Lipinski definition) is 1. The quantitative estimate of drug-likeness (QED) is 0.301. The van der Waals surface area contributed by atoms with E-state index >= 15 is 0 Å². The summed E-state index contributed by atoms with van der Waals surface area (Å²) in [4.78, 5) is 19.8. The lowest BCUT2D eigenvalue weighted by Crippen LogP contribution is -2.44. The molecule has 0 radical (unpaired) electrons. The van der Waals surface area contributed by atoms with Crippen molar-refractivity contribution < 1.29 is 19.0 Å². The number of halogens is 1. The van der Waals surface area contributed by atoms with E-state index in [1.54, 1.807) is 6.33 Å². The topological polar surface area (TPSA) is 77.9 Å². The van der Waals surface area contributed by atoms with Crippen LogP contribution in [-0.4, -0.2) is 66.9 Å². The van der Waals surface area contributed by atoms with Gasteiger partial charge < -0.3 is 19.5 Å². The monoisotopic (exact) mass is 540 g/mol. The van der Waals surface area contributed by atoms with Crippen molar-refractivity contribution in [1.29, 1.82) is 0 Å². The number of piperazine rings is 1. The minimum absolute atomic E-state index is 0.377. The van der Waals surface area contributed by atoms with E-state index in [1.165, 1.54) is 18.4 Å². The highest BCUT2D eigenvalue weighted by molar-refractivity contribution is 7.16. The van der Waals surface area contributed by atoms with E-state index in [-0.39, 0.29) is 0 Å². The summed E-state index contributed by atoms with van der Waals surface area (Å²) in [7, 11) is 1.36. The number of esters is 1. The maximum Gasteiger partial charge on any atom is 0.351 e. The lowest BCUT2D eigenvalue weighted by atomic mass is 10.1. The van der Waals surface area contributed by atoms with Gasteiger partial charge in [0.2, 0.25) is 0 Å². The van der Waals surface area contributed by atoms with E-state index in [9.17, 15) is 4.79 Å². The molecule has 1 unspecified atom stereocenters. The van der Waals surface area contributed by atoms with Crippen molar-refractivity contribution in [1.82, 2.24) is 19.8 Å². The molecular formula is C27H29ClN4O4S. The molecule has 5 rings (SSSR count). The Morgan fingerprint density at radius 3 is 2.78 bits per heavy atom. The molecule has 0 amide bonds.